The second kappa shape index (κ2) is 10.2. The molecule has 3 aromatic carbocycles. The zero-order valence-corrected chi connectivity index (χ0v) is 22.7. The Morgan fingerprint density at radius 2 is 1.38 bits per heavy atom. The van der Waals surface area contributed by atoms with Crippen LogP contribution in [0, 0.1) is 30.2 Å². The summed E-state index contributed by atoms with van der Waals surface area (Å²) in [4.78, 5) is 14.6. The van der Waals surface area contributed by atoms with E-state index in [2.05, 4.69) is 15.0 Å². The largest absolute Gasteiger partial charge is 0.253 e. The molecule has 12 heteroatoms. The van der Waals surface area contributed by atoms with Gasteiger partial charge in [-0.05, 0) is 61.5 Å². The van der Waals surface area contributed by atoms with Gasteiger partial charge >= 0.3 is 0 Å². The van der Waals surface area contributed by atoms with Gasteiger partial charge in [0.25, 0.3) is 0 Å². The highest BCUT2D eigenvalue weighted by atomic mass is 35.5. The summed E-state index contributed by atoms with van der Waals surface area (Å²) >= 11 is 13.9. The third-order valence-corrected chi connectivity index (χ3v) is 7.63. The third kappa shape index (κ3) is 4.57. The number of hydrogen-bond donors (Lipinski definition) is 0. The molecule has 0 unspecified atom stereocenters. The fourth-order valence-electron chi connectivity index (χ4n) is 4.41. The zero-order chi connectivity index (χ0) is 28.1. The number of fused-ring (bicyclic) bond motifs is 2. The lowest BCUT2D eigenvalue weighted by Gasteiger charge is -2.38. The van der Waals surface area contributed by atoms with Crippen LogP contribution in [0.1, 0.15) is 4.88 Å². The Labute approximate surface area is 238 Å². The van der Waals surface area contributed by atoms with E-state index < -0.39 is 23.3 Å². The molecule has 0 aliphatic heterocycles. The fourth-order valence-corrected chi connectivity index (χ4v) is 5.60. The molecule has 0 saturated heterocycles. The van der Waals surface area contributed by atoms with E-state index in [9.17, 15) is 17.6 Å². The zero-order valence-electron chi connectivity index (χ0n) is 20.3. The van der Waals surface area contributed by atoms with Gasteiger partial charge in [0.2, 0.25) is 0 Å². The van der Waals surface area contributed by atoms with Crippen LogP contribution < -0.4 is 10.0 Å². The van der Waals surface area contributed by atoms with Crippen molar-refractivity contribution in [1.29, 1.82) is 0 Å². The number of pyridine rings is 1. The van der Waals surface area contributed by atoms with Crippen LogP contribution in [0.15, 0.2) is 73.2 Å². The summed E-state index contributed by atoms with van der Waals surface area (Å²) in [5.41, 5.74) is 0.763. The van der Waals surface area contributed by atoms with Gasteiger partial charge in [0.1, 0.15) is 34.1 Å². The summed E-state index contributed by atoms with van der Waals surface area (Å²) in [6.45, 7) is 1.91. The van der Waals surface area contributed by atoms with E-state index in [0.29, 0.717) is 27.4 Å². The first kappa shape index (κ1) is 26.2. The third-order valence-electron chi connectivity index (χ3n) is 6.10. The molecule has 0 radical (unpaired) electrons. The molecule has 0 amide bonds. The molecule has 0 atom stereocenters. The lowest BCUT2D eigenvalue weighted by molar-refractivity contribution is 0.590. The van der Waals surface area contributed by atoms with Crippen molar-refractivity contribution in [3.63, 3.8) is 0 Å². The topological polar surface area (TPSA) is 45.2 Å². The molecule has 3 aromatic heterocycles. The molecule has 200 valence electrons. The van der Waals surface area contributed by atoms with E-state index in [1.54, 1.807) is 5.01 Å². The normalized spacial score (nSPS) is 11.4. The minimum absolute atomic E-state index is 0.102. The van der Waals surface area contributed by atoms with Gasteiger partial charge in [-0.25, -0.2) is 37.5 Å². The van der Waals surface area contributed by atoms with Crippen LogP contribution in [-0.4, -0.2) is 15.0 Å². The minimum atomic E-state index is -0.872. The summed E-state index contributed by atoms with van der Waals surface area (Å²) in [6.07, 6.45) is 2.72. The van der Waals surface area contributed by atoms with E-state index in [1.807, 2.05) is 13.0 Å². The van der Waals surface area contributed by atoms with Crippen molar-refractivity contribution in [2.24, 2.45) is 0 Å². The second-order valence-corrected chi connectivity index (χ2v) is 10.8. The van der Waals surface area contributed by atoms with Gasteiger partial charge < -0.3 is 0 Å². The summed E-state index contributed by atoms with van der Waals surface area (Å²) < 4.78 is 58.1. The van der Waals surface area contributed by atoms with Crippen molar-refractivity contribution in [3.8, 4) is 0 Å². The number of benzene rings is 3. The SMILES string of the molecule is Cc1cc2c(N(c3ccc(F)c(Cl)c3)N(c3ccc(F)c(Cl)c3)c3ccnc4c(F)cc(F)cc34)ncnc2s1. The smallest absolute Gasteiger partial charge is 0.164 e. The molecule has 6 rings (SSSR count). The molecular formula is C28H15Cl2F4N5S. The average Bonchev–Trinajstić information content (AvgIpc) is 3.31. The lowest BCUT2D eigenvalue weighted by Crippen LogP contribution is -2.37. The van der Waals surface area contributed by atoms with Crippen molar-refractivity contribution in [1.82, 2.24) is 15.0 Å². The number of aryl methyl sites for hydroxylation is 1. The average molecular weight is 600 g/mol. The van der Waals surface area contributed by atoms with E-state index in [-0.39, 0.29) is 26.6 Å². The maximum Gasteiger partial charge on any atom is 0.164 e. The lowest BCUT2D eigenvalue weighted by atomic mass is 10.1. The van der Waals surface area contributed by atoms with Crippen LogP contribution in [0.25, 0.3) is 21.1 Å². The van der Waals surface area contributed by atoms with Crippen molar-refractivity contribution in [3.05, 3.63) is 111 Å². The molecule has 0 aliphatic carbocycles. The first-order valence-corrected chi connectivity index (χ1v) is 13.2. The van der Waals surface area contributed by atoms with Crippen molar-refractivity contribution in [2.45, 2.75) is 6.92 Å². The van der Waals surface area contributed by atoms with Crippen LogP contribution in [0.4, 0.5) is 40.4 Å². The molecule has 5 nitrogen and oxygen atoms in total. The molecule has 6 aromatic rings. The van der Waals surface area contributed by atoms with E-state index >= 15 is 0 Å². The van der Waals surface area contributed by atoms with Crippen molar-refractivity contribution < 1.29 is 17.6 Å². The van der Waals surface area contributed by atoms with Crippen LogP contribution >= 0.6 is 34.5 Å². The predicted octanol–water partition coefficient (Wildman–Crippen LogP) is 9.30. The molecule has 0 aliphatic rings. The Hall–Kier alpha value is -3.99. The van der Waals surface area contributed by atoms with Gasteiger partial charge in [-0.2, -0.15) is 0 Å². The predicted molar refractivity (Wildman–Crippen MR) is 151 cm³/mol. The van der Waals surface area contributed by atoms with Gasteiger partial charge in [-0.3, -0.25) is 4.98 Å². The monoisotopic (exact) mass is 599 g/mol. The molecular weight excluding hydrogens is 585 g/mol. The van der Waals surface area contributed by atoms with Gasteiger partial charge in [-0.15, -0.1) is 11.3 Å². The second-order valence-electron chi connectivity index (χ2n) is 8.71. The molecule has 0 saturated carbocycles. The fraction of sp³-hybridized carbons (Fsp3) is 0.0357. The molecule has 0 bridgehead atoms. The Balaban J connectivity index is 1.74. The van der Waals surface area contributed by atoms with Crippen LogP contribution in [0.5, 0.6) is 0 Å². The Bertz CT molecular complexity index is 1930. The number of nitrogens with zero attached hydrogens (tertiary/aromatic N) is 5. The number of rotatable bonds is 5. The standard InChI is InChI=1S/C28H15Cl2F4N5S/c1-14-8-19-27(36-13-37-28(19)40-14)39(17-3-5-23(33)21(30)12-17)38(16-2-4-22(32)20(29)11-16)25-6-7-35-26-18(25)9-15(31)10-24(26)34/h2-13H,1H3. The van der Waals surface area contributed by atoms with Gasteiger partial charge in [0.05, 0.1) is 32.5 Å². The number of anilines is 4. The molecule has 0 spiro atoms. The Morgan fingerprint density at radius 1 is 0.700 bits per heavy atom. The van der Waals surface area contributed by atoms with Crippen LogP contribution in [0.2, 0.25) is 10.0 Å². The minimum Gasteiger partial charge on any atom is -0.253 e. The Morgan fingerprint density at radius 3 is 2.05 bits per heavy atom. The highest BCUT2D eigenvalue weighted by Gasteiger charge is 2.28. The number of halogens is 6. The first-order chi connectivity index (χ1) is 19.2. The number of hydrazine groups is 1. The summed E-state index contributed by atoms with van der Waals surface area (Å²) in [6, 6.07) is 13.3. The van der Waals surface area contributed by atoms with Gasteiger partial charge in [0, 0.05) is 22.5 Å². The van der Waals surface area contributed by atoms with Gasteiger partial charge in [-0.1, -0.05) is 23.2 Å². The molecule has 40 heavy (non-hydrogen) atoms. The van der Waals surface area contributed by atoms with Crippen molar-refractivity contribution >= 4 is 78.5 Å². The number of hydrogen-bond acceptors (Lipinski definition) is 6. The molecule has 0 N–H and O–H groups in total. The van der Waals surface area contributed by atoms with Gasteiger partial charge in [0.15, 0.2) is 11.6 Å². The maximum absolute atomic E-state index is 14.9. The summed E-state index contributed by atoms with van der Waals surface area (Å²) in [5.74, 6) is -2.69. The number of thiophene rings is 1. The van der Waals surface area contributed by atoms with Crippen molar-refractivity contribution in [2.75, 3.05) is 10.0 Å². The Kier molecular flexibility index (Phi) is 6.69. The summed E-state index contributed by atoms with van der Waals surface area (Å²) in [5, 5.41) is 3.47. The quantitative estimate of drug-likeness (QED) is 0.146. The van der Waals surface area contributed by atoms with Crippen LogP contribution in [-0.2, 0) is 0 Å². The summed E-state index contributed by atoms with van der Waals surface area (Å²) in [7, 11) is 0. The highest BCUT2D eigenvalue weighted by Crippen LogP contribution is 2.43. The number of aromatic nitrogens is 3. The van der Waals surface area contributed by atoms with E-state index in [1.165, 1.54) is 65.3 Å². The molecule has 0 fully saturated rings. The van der Waals surface area contributed by atoms with E-state index in [4.69, 9.17) is 23.2 Å². The highest BCUT2D eigenvalue weighted by molar-refractivity contribution is 7.18. The van der Waals surface area contributed by atoms with E-state index in [0.717, 1.165) is 23.1 Å². The molecule has 3 heterocycles. The maximum atomic E-state index is 14.9. The first-order valence-electron chi connectivity index (χ1n) is 11.7. The van der Waals surface area contributed by atoms with Crippen LogP contribution in [0.3, 0.4) is 0 Å².